The van der Waals surface area contributed by atoms with Gasteiger partial charge in [-0.05, 0) is 30.2 Å². The zero-order valence-electron chi connectivity index (χ0n) is 16.9. The summed E-state index contributed by atoms with van der Waals surface area (Å²) in [7, 11) is 0. The zero-order chi connectivity index (χ0) is 21.0. The first-order chi connectivity index (χ1) is 15.1. The highest BCUT2D eigenvalue weighted by Gasteiger charge is 2.66. The van der Waals surface area contributed by atoms with E-state index >= 15 is 0 Å². The number of para-hydroxylation sites is 1. The molecule has 2 saturated heterocycles. The maximum atomic E-state index is 13.2. The number of benzene rings is 1. The Morgan fingerprint density at radius 3 is 3.03 bits per heavy atom. The van der Waals surface area contributed by atoms with Crippen LogP contribution in [-0.4, -0.2) is 46.5 Å². The van der Waals surface area contributed by atoms with Crippen molar-refractivity contribution in [1.29, 1.82) is 0 Å². The lowest BCUT2D eigenvalue weighted by molar-refractivity contribution is -0.138. The Bertz CT molecular complexity index is 1180. The smallest absolute Gasteiger partial charge is 0.230 e. The summed E-state index contributed by atoms with van der Waals surface area (Å²) in [5.41, 5.74) is 1.55. The normalized spacial score (nSPS) is 28.6. The average Bonchev–Trinajstić information content (AvgIpc) is 3.58. The number of likely N-dealkylation sites (tertiary alicyclic amines) is 1. The van der Waals surface area contributed by atoms with E-state index in [9.17, 15) is 9.59 Å². The van der Waals surface area contributed by atoms with Crippen molar-refractivity contribution in [3.63, 3.8) is 0 Å². The van der Waals surface area contributed by atoms with Gasteiger partial charge in [0.25, 0.3) is 0 Å². The van der Waals surface area contributed by atoms with Crippen LogP contribution in [0.5, 0.6) is 0 Å². The second-order valence-corrected chi connectivity index (χ2v) is 8.57. The summed E-state index contributed by atoms with van der Waals surface area (Å²) in [4.78, 5) is 31.3. The second kappa shape index (κ2) is 6.85. The van der Waals surface area contributed by atoms with E-state index in [1.54, 1.807) is 17.2 Å². The number of nitrogens with zero attached hydrogens (tertiary/aromatic N) is 1. The number of nitrogens with one attached hydrogen (secondary N) is 2. The van der Waals surface area contributed by atoms with Gasteiger partial charge in [-0.15, -0.1) is 0 Å². The summed E-state index contributed by atoms with van der Waals surface area (Å²) < 4.78 is 11.6. The SMILES string of the molecule is O=C(NCCc1c[nH]c2ccccc12)[C@@H]1[C@H]2C(=O)N(Cc3ccco3)C[C@]23C=C[C@H]1O3. The Labute approximate surface area is 179 Å². The van der Waals surface area contributed by atoms with E-state index in [1.807, 2.05) is 42.6 Å². The molecule has 0 aliphatic carbocycles. The molecule has 3 aromatic rings. The van der Waals surface area contributed by atoms with Gasteiger partial charge in [0, 0.05) is 23.6 Å². The number of rotatable bonds is 6. The molecular weight excluding hydrogens is 394 g/mol. The summed E-state index contributed by atoms with van der Waals surface area (Å²) in [5, 5.41) is 4.21. The minimum atomic E-state index is -0.701. The van der Waals surface area contributed by atoms with Gasteiger partial charge >= 0.3 is 0 Å². The van der Waals surface area contributed by atoms with Crippen molar-refractivity contribution in [2.45, 2.75) is 24.7 Å². The van der Waals surface area contributed by atoms with E-state index in [2.05, 4.69) is 16.4 Å². The summed E-state index contributed by atoms with van der Waals surface area (Å²) in [6.07, 6.45) is 7.87. The van der Waals surface area contributed by atoms with Crippen LogP contribution in [0.25, 0.3) is 10.9 Å². The number of aromatic amines is 1. The predicted molar refractivity (Wildman–Crippen MR) is 113 cm³/mol. The molecule has 31 heavy (non-hydrogen) atoms. The molecule has 0 saturated carbocycles. The number of ether oxygens (including phenoxy) is 1. The number of carbonyl (C=O) groups excluding carboxylic acids is 2. The van der Waals surface area contributed by atoms with E-state index < -0.39 is 17.4 Å². The van der Waals surface area contributed by atoms with Gasteiger partial charge in [0.1, 0.15) is 11.4 Å². The molecule has 1 aromatic carbocycles. The summed E-state index contributed by atoms with van der Waals surface area (Å²) in [6, 6.07) is 11.8. The molecule has 2 amide bonds. The quantitative estimate of drug-likeness (QED) is 0.603. The van der Waals surface area contributed by atoms with Crippen molar-refractivity contribution in [3.8, 4) is 0 Å². The van der Waals surface area contributed by atoms with Crippen molar-refractivity contribution in [2.24, 2.45) is 11.8 Å². The Morgan fingerprint density at radius 2 is 2.16 bits per heavy atom. The Kier molecular flexibility index (Phi) is 4.08. The molecule has 2 aromatic heterocycles. The first kappa shape index (κ1) is 18.4. The molecule has 0 radical (unpaired) electrons. The number of hydrogen-bond donors (Lipinski definition) is 2. The van der Waals surface area contributed by atoms with Crippen LogP contribution >= 0.6 is 0 Å². The van der Waals surface area contributed by atoms with Gasteiger partial charge in [-0.2, -0.15) is 0 Å². The standard InChI is InChI=1S/C24H23N3O4/c28-22(25-10-8-15-12-26-18-6-2-1-5-17(15)18)20-19-7-9-24(31-19)14-27(23(29)21(20)24)13-16-4-3-11-30-16/h1-7,9,11-12,19-21,26H,8,10,13-14H2,(H,25,28)/t19-,20+,21+,24-/m1/s1. The van der Waals surface area contributed by atoms with Gasteiger partial charge in [-0.25, -0.2) is 0 Å². The van der Waals surface area contributed by atoms with Crippen LogP contribution in [0.4, 0.5) is 0 Å². The fourth-order valence-corrected chi connectivity index (χ4v) is 5.38. The second-order valence-electron chi connectivity index (χ2n) is 8.57. The number of hydrogen-bond acceptors (Lipinski definition) is 4. The maximum absolute atomic E-state index is 13.2. The van der Waals surface area contributed by atoms with E-state index in [0.717, 1.165) is 23.3 Å². The van der Waals surface area contributed by atoms with Gasteiger partial charge in [0.15, 0.2) is 0 Å². The first-order valence-electron chi connectivity index (χ1n) is 10.7. The highest BCUT2D eigenvalue weighted by atomic mass is 16.5. The highest BCUT2D eigenvalue weighted by molar-refractivity contribution is 5.93. The molecule has 7 nitrogen and oxygen atoms in total. The molecule has 158 valence electrons. The Morgan fingerprint density at radius 1 is 1.26 bits per heavy atom. The lowest BCUT2D eigenvalue weighted by Crippen LogP contribution is -2.44. The van der Waals surface area contributed by atoms with Gasteiger partial charge in [-0.3, -0.25) is 9.59 Å². The molecule has 2 fully saturated rings. The van der Waals surface area contributed by atoms with Gasteiger partial charge in [0.05, 0.1) is 37.3 Å². The molecule has 3 aliphatic rings. The minimum Gasteiger partial charge on any atom is -0.467 e. The van der Waals surface area contributed by atoms with Crippen LogP contribution in [0, 0.1) is 11.8 Å². The molecule has 5 heterocycles. The van der Waals surface area contributed by atoms with Crippen molar-refractivity contribution >= 4 is 22.7 Å². The van der Waals surface area contributed by atoms with Crippen molar-refractivity contribution < 1.29 is 18.7 Å². The molecule has 3 aliphatic heterocycles. The topological polar surface area (TPSA) is 87.6 Å². The van der Waals surface area contributed by atoms with Crippen LogP contribution in [0.15, 0.2) is 65.4 Å². The predicted octanol–water partition coefficient (Wildman–Crippen LogP) is 2.40. The number of H-pyrrole nitrogens is 1. The summed E-state index contributed by atoms with van der Waals surface area (Å²) in [5.74, 6) is -0.412. The van der Waals surface area contributed by atoms with Crippen molar-refractivity contribution in [1.82, 2.24) is 15.2 Å². The largest absolute Gasteiger partial charge is 0.467 e. The third-order valence-electron chi connectivity index (χ3n) is 6.78. The molecule has 4 atom stereocenters. The molecule has 6 rings (SSSR count). The fraction of sp³-hybridized carbons (Fsp3) is 0.333. The Balaban J connectivity index is 1.15. The molecule has 1 spiro atoms. The third-order valence-corrected chi connectivity index (χ3v) is 6.78. The van der Waals surface area contributed by atoms with Crippen LogP contribution in [-0.2, 0) is 27.3 Å². The molecular formula is C24H23N3O4. The summed E-state index contributed by atoms with van der Waals surface area (Å²) in [6.45, 7) is 1.35. The van der Waals surface area contributed by atoms with Crippen LogP contribution in [0.2, 0.25) is 0 Å². The first-order valence-corrected chi connectivity index (χ1v) is 10.7. The minimum absolute atomic E-state index is 0.0416. The molecule has 2 bridgehead atoms. The van der Waals surface area contributed by atoms with Crippen LogP contribution in [0.3, 0.4) is 0 Å². The average molecular weight is 417 g/mol. The van der Waals surface area contributed by atoms with Gasteiger partial charge in [-0.1, -0.05) is 30.4 Å². The molecule has 7 heteroatoms. The Hall–Kier alpha value is -3.32. The highest BCUT2D eigenvalue weighted by Crippen LogP contribution is 2.52. The number of furan rings is 1. The van der Waals surface area contributed by atoms with E-state index in [-0.39, 0.29) is 17.9 Å². The lowest BCUT2D eigenvalue weighted by Gasteiger charge is -2.23. The summed E-state index contributed by atoms with van der Waals surface area (Å²) >= 11 is 0. The fourth-order valence-electron chi connectivity index (χ4n) is 5.38. The molecule has 0 unspecified atom stereocenters. The van der Waals surface area contributed by atoms with Crippen molar-refractivity contribution in [3.05, 3.63) is 72.3 Å². The van der Waals surface area contributed by atoms with Crippen molar-refractivity contribution in [2.75, 3.05) is 13.1 Å². The van der Waals surface area contributed by atoms with Gasteiger partial charge < -0.3 is 24.4 Å². The van der Waals surface area contributed by atoms with E-state index in [0.29, 0.717) is 19.6 Å². The zero-order valence-corrected chi connectivity index (χ0v) is 16.9. The lowest BCUT2D eigenvalue weighted by atomic mass is 9.77. The number of amides is 2. The third kappa shape index (κ3) is 2.84. The van der Waals surface area contributed by atoms with E-state index in [1.165, 1.54) is 5.39 Å². The van der Waals surface area contributed by atoms with E-state index in [4.69, 9.17) is 9.15 Å². The molecule has 2 N–H and O–H groups in total. The number of aromatic nitrogens is 1. The number of carbonyl (C=O) groups is 2. The monoisotopic (exact) mass is 417 g/mol. The van der Waals surface area contributed by atoms with Crippen LogP contribution in [0.1, 0.15) is 11.3 Å². The van der Waals surface area contributed by atoms with Gasteiger partial charge in [0.2, 0.25) is 11.8 Å². The maximum Gasteiger partial charge on any atom is 0.230 e. The van der Waals surface area contributed by atoms with Crippen LogP contribution < -0.4 is 5.32 Å². The number of fused-ring (bicyclic) bond motifs is 2.